The molecule has 1 aliphatic rings. The highest BCUT2D eigenvalue weighted by Crippen LogP contribution is 2.51. The van der Waals surface area contributed by atoms with Gasteiger partial charge in [-0.1, -0.05) is 37.0 Å². The molecule has 1 aliphatic heterocycles. The zero-order valence-electron chi connectivity index (χ0n) is 24.5. The van der Waals surface area contributed by atoms with Crippen LogP contribution in [0.4, 0.5) is 10.3 Å². The largest absolute Gasteiger partial charge is 0.463 e. The lowest BCUT2D eigenvalue weighted by Crippen LogP contribution is -2.53. The minimum atomic E-state index is -4.54. The molecule has 0 spiro atoms. The van der Waals surface area contributed by atoms with Gasteiger partial charge in [-0.3, -0.25) is 13.9 Å². The van der Waals surface area contributed by atoms with Gasteiger partial charge in [0, 0.05) is 0 Å². The number of nitrogens with two attached hydrogens (primary N) is 2. The minimum absolute atomic E-state index is 0.0703. The van der Waals surface area contributed by atoms with Crippen molar-refractivity contribution in [1.82, 2.24) is 19.5 Å². The first-order valence-corrected chi connectivity index (χ1v) is 14.3. The van der Waals surface area contributed by atoms with Gasteiger partial charge in [0.2, 0.25) is 5.95 Å². The number of benzene rings is 1. The number of fused-ring (bicyclic) bond motifs is 1. The number of nitrogen functional groups attached to an aromatic ring is 1. The van der Waals surface area contributed by atoms with Crippen molar-refractivity contribution in [2.45, 2.75) is 50.8 Å². The van der Waals surface area contributed by atoms with E-state index < -0.39 is 69.0 Å². The van der Waals surface area contributed by atoms with Crippen LogP contribution < -0.4 is 16.0 Å². The van der Waals surface area contributed by atoms with Crippen molar-refractivity contribution >= 4 is 30.7 Å². The maximum atomic E-state index is 14.1. The Balaban J connectivity index is 1.71. The van der Waals surface area contributed by atoms with Crippen LogP contribution in [0.2, 0.25) is 0 Å². The number of alkyl halides is 1. The van der Waals surface area contributed by atoms with E-state index in [4.69, 9.17) is 32.7 Å². The van der Waals surface area contributed by atoms with Crippen molar-refractivity contribution in [3.8, 4) is 17.6 Å². The Hall–Kier alpha value is -3.60. The number of aliphatic hydroxyl groups excluding tert-OH is 1. The maximum Gasteiger partial charge on any atom is 0.380 e. The number of anilines is 1. The Labute approximate surface area is 238 Å². The van der Waals surface area contributed by atoms with Gasteiger partial charge < -0.3 is 30.6 Å². The number of hydrogen-bond donors (Lipinski definition) is 3. The van der Waals surface area contributed by atoms with E-state index >= 15 is 0 Å². The first kappa shape index (κ1) is 27.6. The summed E-state index contributed by atoms with van der Waals surface area (Å²) in [5.41, 5.74) is 10.4. The molecule has 220 valence electrons. The van der Waals surface area contributed by atoms with Crippen molar-refractivity contribution in [2.24, 2.45) is 11.7 Å². The van der Waals surface area contributed by atoms with E-state index in [1.807, 2.05) is 0 Å². The highest BCUT2D eigenvalue weighted by Gasteiger charge is 2.55. The highest BCUT2D eigenvalue weighted by atomic mass is 31.2. The zero-order valence-corrected chi connectivity index (χ0v) is 23.4. The number of aliphatic hydroxyl groups is 1. The normalized spacial score (nSPS) is 25.5. The number of imidazole rings is 1. The molecule has 0 bridgehead atoms. The second-order valence-corrected chi connectivity index (χ2v) is 11.6. The molecule has 0 amide bonds. The molecule has 41 heavy (non-hydrogen) atoms. The summed E-state index contributed by atoms with van der Waals surface area (Å²) in [6.45, 7) is 0.508. The lowest BCUT2D eigenvalue weighted by molar-refractivity contribution is -0.151. The molecule has 4 rings (SSSR count). The molecule has 1 fully saturated rings. The fourth-order valence-corrected chi connectivity index (χ4v) is 5.78. The average Bonchev–Trinajstić information content (AvgIpc) is 3.45. The molecule has 5 N–H and O–H groups in total. The fraction of sp³-hybridized carbons (Fsp3) is 0.462. The second kappa shape index (κ2) is 12.5. The molecule has 1 saturated heterocycles. The van der Waals surface area contributed by atoms with Gasteiger partial charge in [-0.25, -0.2) is 18.9 Å². The first-order chi connectivity index (χ1) is 20.2. The zero-order chi connectivity index (χ0) is 31.6. The summed E-state index contributed by atoms with van der Waals surface area (Å²) in [6, 6.07) is 7.80. The van der Waals surface area contributed by atoms with E-state index in [1.165, 1.54) is 36.1 Å². The number of nitrogens with zero attached hydrogens (tertiary/aromatic N) is 4. The fourth-order valence-electron chi connectivity index (χ4n) is 4.07. The molecule has 13 nitrogen and oxygen atoms in total. The van der Waals surface area contributed by atoms with Crippen LogP contribution in [0, 0.1) is 17.8 Å². The van der Waals surface area contributed by atoms with Gasteiger partial charge in [-0.15, -0.1) is 0 Å². The molecule has 0 saturated carbocycles. The van der Waals surface area contributed by atoms with Crippen LogP contribution in [0.25, 0.3) is 11.2 Å². The van der Waals surface area contributed by atoms with Gasteiger partial charge in [-0.2, -0.15) is 4.98 Å². The Morgan fingerprint density at radius 1 is 1.34 bits per heavy atom. The summed E-state index contributed by atoms with van der Waals surface area (Å²) in [6.07, 6.45) is -3.92. The van der Waals surface area contributed by atoms with Gasteiger partial charge in [0.1, 0.15) is 30.1 Å². The summed E-state index contributed by atoms with van der Waals surface area (Å²) in [5, 5.41) is 11.3. The Morgan fingerprint density at radius 2 is 2.07 bits per heavy atom. The van der Waals surface area contributed by atoms with E-state index in [9.17, 15) is 18.9 Å². The van der Waals surface area contributed by atoms with Crippen LogP contribution in [-0.2, 0) is 23.4 Å². The van der Waals surface area contributed by atoms with Crippen molar-refractivity contribution in [3.05, 3.63) is 42.9 Å². The number of halogens is 1. The average molecular weight is 593 g/mol. The topological polar surface area (TPSA) is 187 Å². The molecule has 0 radical (unpaired) electrons. The van der Waals surface area contributed by atoms with Crippen molar-refractivity contribution in [1.29, 1.82) is 0 Å². The summed E-state index contributed by atoms with van der Waals surface area (Å²) >= 11 is 0. The highest BCUT2D eigenvalue weighted by molar-refractivity contribution is 7.54. The number of ether oxygens (including phenoxy) is 2. The number of carbonyl (C=O) groups excluding carboxylic acids is 1. The summed E-state index contributed by atoms with van der Waals surface area (Å²) < 4.78 is 68.3. The second-order valence-electron chi connectivity index (χ2n) is 9.60. The van der Waals surface area contributed by atoms with Crippen molar-refractivity contribution < 1.29 is 40.1 Å². The Bertz CT molecular complexity index is 1570. The third-order valence-electron chi connectivity index (χ3n) is 5.97. The van der Waals surface area contributed by atoms with Gasteiger partial charge in [0.05, 0.1) is 40.0 Å². The number of rotatable bonds is 10. The van der Waals surface area contributed by atoms with Gasteiger partial charge >= 0.3 is 13.6 Å². The molecule has 0 aliphatic carbocycles. The molecular formula is C26H32FN6O7P. The Kier molecular flexibility index (Phi) is 8.41. The standard InChI is InChI=1S/C26H32FN6O7P/c1-16(2)38-23(35)17(3)14-41(36,40-18-8-5-4-6-9-18)37-13-20-21(34)26(29,10-7-11-27)24(39-20)33-15-31-19-12-30-25(28)32-22(19)33/h4-6,8-9,12,15-17,20-21,24,34H,11,13-14,29H2,1-3H3,(H2,28,30,32)/t17-,20-,21+,24-,26?,41+/m1/s1/i13D2. The van der Waals surface area contributed by atoms with E-state index in [2.05, 4.69) is 26.8 Å². The number of hydrogen-bond acceptors (Lipinski definition) is 12. The number of carbonyl (C=O) groups is 1. The van der Waals surface area contributed by atoms with Crippen LogP contribution in [0.3, 0.4) is 0 Å². The molecule has 2 aromatic heterocycles. The van der Waals surface area contributed by atoms with E-state index in [1.54, 1.807) is 32.0 Å². The molecular weight excluding hydrogens is 558 g/mol. The number of esters is 1. The molecule has 15 heteroatoms. The molecule has 1 aromatic carbocycles. The SMILES string of the molecule is [2H]C([2H])(O[P@@](=O)(C[C@@H](C)C(=O)OC(C)C)Oc1ccccc1)[C@H]1O[C@@H](n2cnc3cnc(N)nc32)C(N)(C#CCF)[C@H]1O. The molecule has 1 unspecified atom stereocenters. The van der Waals surface area contributed by atoms with Gasteiger partial charge in [0.25, 0.3) is 0 Å². The smallest absolute Gasteiger partial charge is 0.380 e. The summed E-state index contributed by atoms with van der Waals surface area (Å²) in [7, 11) is -4.54. The molecule has 3 aromatic rings. The van der Waals surface area contributed by atoms with E-state index in [0.29, 0.717) is 0 Å². The number of para-hydroxylation sites is 1. The van der Waals surface area contributed by atoms with Gasteiger partial charge in [-0.05, 0) is 26.0 Å². The monoisotopic (exact) mass is 592 g/mol. The van der Waals surface area contributed by atoms with Crippen molar-refractivity contribution in [3.63, 3.8) is 0 Å². The van der Waals surface area contributed by atoms with E-state index in [0.717, 1.165) is 0 Å². The molecule has 6 atom stereocenters. The van der Waals surface area contributed by atoms with Crippen molar-refractivity contribution in [2.75, 3.05) is 25.1 Å². The quantitative estimate of drug-likeness (QED) is 0.177. The maximum absolute atomic E-state index is 14.1. The number of aromatic nitrogens is 4. The lowest BCUT2D eigenvalue weighted by atomic mass is 9.91. The lowest BCUT2D eigenvalue weighted by Gasteiger charge is -2.27. The summed E-state index contributed by atoms with van der Waals surface area (Å²) in [5.74, 6) is 2.77. The van der Waals surface area contributed by atoms with Crippen LogP contribution in [0.5, 0.6) is 5.75 Å². The predicted molar refractivity (Wildman–Crippen MR) is 146 cm³/mol. The molecule has 3 heterocycles. The minimum Gasteiger partial charge on any atom is -0.463 e. The Morgan fingerprint density at radius 3 is 2.76 bits per heavy atom. The van der Waals surface area contributed by atoms with Crippen LogP contribution in [0.15, 0.2) is 42.9 Å². The van der Waals surface area contributed by atoms with Gasteiger partial charge in [0.15, 0.2) is 17.4 Å². The van der Waals surface area contributed by atoms with Crippen LogP contribution in [0.1, 0.15) is 29.7 Å². The third kappa shape index (κ3) is 6.83. The first-order valence-electron chi connectivity index (χ1n) is 13.6. The van der Waals surface area contributed by atoms with Crippen LogP contribution in [-0.4, -0.2) is 73.8 Å². The predicted octanol–water partition coefficient (Wildman–Crippen LogP) is 2.21. The van der Waals surface area contributed by atoms with E-state index in [-0.39, 0.29) is 22.9 Å². The third-order valence-corrected chi connectivity index (χ3v) is 7.83. The summed E-state index contributed by atoms with van der Waals surface area (Å²) in [4.78, 5) is 24.7. The van der Waals surface area contributed by atoms with Crippen LogP contribution >= 0.6 is 7.60 Å².